The maximum Gasteiger partial charge on any atom is 0.270 e. The fourth-order valence-electron chi connectivity index (χ4n) is 5.31. The quantitative estimate of drug-likeness (QED) is 0.233. The summed E-state index contributed by atoms with van der Waals surface area (Å²) in [6.07, 6.45) is 9.04. The Kier molecular flexibility index (Phi) is 7.33. The Bertz CT molecular complexity index is 1520. The normalized spacial score (nSPS) is 16.5. The molecule has 0 spiro atoms. The molecule has 2 amide bonds. The summed E-state index contributed by atoms with van der Waals surface area (Å²) in [7, 11) is 0. The highest BCUT2D eigenvalue weighted by Crippen LogP contribution is 2.38. The van der Waals surface area contributed by atoms with Gasteiger partial charge in [0.15, 0.2) is 5.11 Å². The predicted octanol–water partition coefficient (Wildman–Crippen LogP) is 6.08. The number of nitriles is 1. The molecule has 1 N–H and O–H groups in total. The number of amides is 2. The zero-order valence-electron chi connectivity index (χ0n) is 21.9. The summed E-state index contributed by atoms with van der Waals surface area (Å²) in [5, 5.41) is 13.7. The first-order chi connectivity index (χ1) is 18.3. The Hall–Kier alpha value is -3.54. The molecular weight excluding hydrogens is 512 g/mol. The largest absolute Gasteiger partial charge is 0.308 e. The van der Waals surface area contributed by atoms with Crippen LogP contribution in [0.4, 0.5) is 5.69 Å². The molecule has 8 heteroatoms. The zero-order valence-corrected chi connectivity index (χ0v) is 23.5. The number of rotatable bonds is 6. The molecule has 3 heterocycles. The Labute approximate surface area is 232 Å². The van der Waals surface area contributed by atoms with E-state index in [9.17, 15) is 14.9 Å². The fourth-order valence-corrected chi connectivity index (χ4v) is 7.04. The van der Waals surface area contributed by atoms with Crippen LogP contribution in [0.3, 0.4) is 0 Å². The Morgan fingerprint density at radius 3 is 2.61 bits per heavy atom. The van der Waals surface area contributed by atoms with Crippen LogP contribution < -0.4 is 10.2 Å². The minimum Gasteiger partial charge on any atom is -0.308 e. The second kappa shape index (κ2) is 10.7. The molecule has 1 aliphatic heterocycles. The maximum absolute atomic E-state index is 13.6. The van der Waals surface area contributed by atoms with Gasteiger partial charge in [0.25, 0.3) is 11.8 Å². The van der Waals surface area contributed by atoms with Gasteiger partial charge in [0.05, 0.1) is 11.3 Å². The van der Waals surface area contributed by atoms with E-state index in [-0.39, 0.29) is 10.7 Å². The minimum atomic E-state index is -0.509. The van der Waals surface area contributed by atoms with Crippen LogP contribution in [0.2, 0.25) is 0 Å². The van der Waals surface area contributed by atoms with Crippen LogP contribution in [-0.2, 0) is 28.9 Å². The number of benzene rings is 1. The lowest BCUT2D eigenvalue weighted by Crippen LogP contribution is -2.54. The molecule has 38 heavy (non-hydrogen) atoms. The van der Waals surface area contributed by atoms with Crippen LogP contribution in [0.5, 0.6) is 0 Å². The molecule has 2 aromatic heterocycles. The third-order valence-electron chi connectivity index (χ3n) is 7.35. The summed E-state index contributed by atoms with van der Waals surface area (Å²) < 4.78 is 2.08. The average molecular weight is 543 g/mol. The lowest BCUT2D eigenvalue weighted by molar-refractivity contribution is -0.122. The van der Waals surface area contributed by atoms with Crippen molar-refractivity contribution in [2.45, 2.75) is 65.7 Å². The van der Waals surface area contributed by atoms with Crippen LogP contribution in [0.15, 0.2) is 35.9 Å². The Balaban J connectivity index is 1.51. The second-order valence-corrected chi connectivity index (χ2v) is 11.4. The number of thiocarbonyl (C=S) groups is 1. The van der Waals surface area contributed by atoms with E-state index in [2.05, 4.69) is 22.9 Å². The number of nitrogens with zero attached hydrogens (tertiary/aromatic N) is 3. The third-order valence-corrected chi connectivity index (χ3v) is 8.91. The van der Waals surface area contributed by atoms with Crippen molar-refractivity contribution in [2.24, 2.45) is 0 Å². The molecule has 1 aromatic carbocycles. The van der Waals surface area contributed by atoms with Gasteiger partial charge in [0, 0.05) is 16.3 Å². The number of thiophene rings is 1. The van der Waals surface area contributed by atoms with E-state index >= 15 is 0 Å². The van der Waals surface area contributed by atoms with Crippen LogP contribution in [0.1, 0.15) is 71.1 Å². The summed E-state index contributed by atoms with van der Waals surface area (Å²) in [5.41, 5.74) is 6.37. The Morgan fingerprint density at radius 2 is 1.89 bits per heavy atom. The van der Waals surface area contributed by atoms with Crippen molar-refractivity contribution in [3.05, 3.63) is 74.4 Å². The van der Waals surface area contributed by atoms with Crippen molar-refractivity contribution < 1.29 is 9.59 Å². The summed E-state index contributed by atoms with van der Waals surface area (Å²) in [6, 6.07) is 12.2. The first kappa shape index (κ1) is 26.1. The van der Waals surface area contributed by atoms with Gasteiger partial charge in [-0.2, -0.15) is 5.26 Å². The number of carbonyl (C=O) groups is 2. The number of fused-ring (bicyclic) bond motifs is 1. The van der Waals surface area contributed by atoms with Gasteiger partial charge in [-0.05, 0) is 106 Å². The molecule has 3 aromatic rings. The fraction of sp³-hybridized carbons (Fsp3) is 0.333. The van der Waals surface area contributed by atoms with E-state index in [0.717, 1.165) is 72.5 Å². The van der Waals surface area contributed by atoms with E-state index < -0.39 is 11.8 Å². The number of aromatic nitrogens is 1. The van der Waals surface area contributed by atoms with Gasteiger partial charge in [-0.1, -0.05) is 25.5 Å². The first-order valence-electron chi connectivity index (χ1n) is 13.1. The smallest absolute Gasteiger partial charge is 0.270 e. The van der Waals surface area contributed by atoms with Gasteiger partial charge in [-0.3, -0.25) is 19.8 Å². The number of hydrogen-bond acceptors (Lipinski definition) is 5. The molecule has 0 radical (unpaired) electrons. The number of aryl methyl sites for hydroxylation is 3. The van der Waals surface area contributed by atoms with Crippen LogP contribution in [-0.4, -0.2) is 21.5 Å². The number of nitrogens with one attached hydrogen (secondary N) is 1. The molecule has 194 valence electrons. The van der Waals surface area contributed by atoms with Crippen molar-refractivity contribution in [1.82, 2.24) is 9.88 Å². The highest BCUT2D eigenvalue weighted by Gasteiger charge is 2.35. The Morgan fingerprint density at radius 1 is 1.16 bits per heavy atom. The van der Waals surface area contributed by atoms with Crippen molar-refractivity contribution in [3.8, 4) is 11.1 Å². The van der Waals surface area contributed by atoms with Crippen LogP contribution in [0.25, 0.3) is 11.1 Å². The van der Waals surface area contributed by atoms with Gasteiger partial charge < -0.3 is 4.57 Å². The molecule has 1 aliphatic carbocycles. The zero-order chi connectivity index (χ0) is 27.0. The molecule has 2 aliphatic rings. The summed E-state index contributed by atoms with van der Waals surface area (Å²) >= 11 is 7.06. The average Bonchev–Trinajstić information content (AvgIpc) is 3.40. The molecule has 0 bridgehead atoms. The van der Waals surface area contributed by atoms with Gasteiger partial charge >= 0.3 is 0 Å². The van der Waals surface area contributed by atoms with E-state index in [1.54, 1.807) is 17.4 Å². The summed E-state index contributed by atoms with van der Waals surface area (Å²) in [6.45, 7) is 6.10. The molecule has 0 atom stereocenters. The van der Waals surface area contributed by atoms with E-state index in [0.29, 0.717) is 5.69 Å². The lowest BCUT2D eigenvalue weighted by atomic mass is 9.96. The van der Waals surface area contributed by atoms with Crippen molar-refractivity contribution >= 4 is 52.2 Å². The molecule has 6 nitrogen and oxygen atoms in total. The monoisotopic (exact) mass is 542 g/mol. The number of carbonyl (C=O) groups excluding carboxylic acids is 2. The number of hydrogen-bond donors (Lipinski definition) is 1. The SMILES string of the molecule is CCCCc1ccc(N2C(=O)/C(=C\c3cc(C)n(-c4sc5c(c4C#N)CCCC5)c3C)C(=O)NC2=S)cc1. The number of unbranched alkanes of at least 4 members (excludes halogenated alkanes) is 1. The van der Waals surface area contributed by atoms with Crippen molar-refractivity contribution in [3.63, 3.8) is 0 Å². The van der Waals surface area contributed by atoms with Gasteiger partial charge in [0.2, 0.25) is 0 Å². The maximum atomic E-state index is 13.6. The molecular formula is C30H30N4O2S2. The number of anilines is 1. The highest BCUT2D eigenvalue weighted by atomic mass is 32.1. The molecule has 0 saturated carbocycles. The van der Waals surface area contributed by atoms with Crippen molar-refractivity contribution in [2.75, 3.05) is 4.90 Å². The molecule has 0 unspecified atom stereocenters. The standard InChI is InChI=1S/C30H30N4O2S2/c1-4-5-8-20-11-13-22(14-12-20)34-28(36)24(27(35)32-30(34)37)16-21-15-18(2)33(19(21)3)29-25(17-31)23-9-6-7-10-26(23)38-29/h11-16H,4-10H2,1-3H3,(H,32,35,37)/b24-16-. The molecule has 1 saturated heterocycles. The van der Waals surface area contributed by atoms with Gasteiger partial charge in [-0.15, -0.1) is 11.3 Å². The summed E-state index contributed by atoms with van der Waals surface area (Å²) in [5.74, 6) is -0.959. The summed E-state index contributed by atoms with van der Waals surface area (Å²) in [4.78, 5) is 29.2. The predicted molar refractivity (Wildman–Crippen MR) is 156 cm³/mol. The third kappa shape index (κ3) is 4.61. The van der Waals surface area contributed by atoms with Crippen molar-refractivity contribution in [1.29, 1.82) is 5.26 Å². The molecule has 5 rings (SSSR count). The topological polar surface area (TPSA) is 78.1 Å². The highest BCUT2D eigenvalue weighted by molar-refractivity contribution is 7.80. The lowest BCUT2D eigenvalue weighted by Gasteiger charge is -2.29. The van der Waals surface area contributed by atoms with E-state index in [1.807, 2.05) is 44.2 Å². The van der Waals surface area contributed by atoms with Crippen LogP contribution >= 0.6 is 23.6 Å². The van der Waals surface area contributed by atoms with Gasteiger partial charge in [-0.25, -0.2) is 0 Å². The first-order valence-corrected chi connectivity index (χ1v) is 14.3. The van der Waals surface area contributed by atoms with E-state index in [4.69, 9.17) is 12.2 Å². The van der Waals surface area contributed by atoms with Gasteiger partial charge in [0.1, 0.15) is 16.6 Å². The minimum absolute atomic E-state index is 0.0277. The second-order valence-electron chi connectivity index (χ2n) is 9.89. The molecule has 1 fully saturated rings. The van der Waals surface area contributed by atoms with E-state index in [1.165, 1.54) is 20.9 Å². The van der Waals surface area contributed by atoms with Crippen LogP contribution in [0, 0.1) is 25.2 Å².